The Labute approximate surface area is 140 Å². The number of hydrogen-bond donors (Lipinski definition) is 1. The molecule has 126 valence electrons. The zero-order valence-electron chi connectivity index (χ0n) is 13.9. The van der Waals surface area contributed by atoms with Gasteiger partial charge in [0, 0.05) is 6.20 Å². The van der Waals surface area contributed by atoms with E-state index in [2.05, 4.69) is 15.3 Å². The van der Waals surface area contributed by atoms with Crippen molar-refractivity contribution in [2.75, 3.05) is 20.9 Å². The highest BCUT2D eigenvalue weighted by atomic mass is 16.7. The minimum atomic E-state index is -0.432. The molecular weight excluding hydrogens is 308 g/mol. The van der Waals surface area contributed by atoms with Crippen LogP contribution in [0.1, 0.15) is 23.0 Å². The normalized spacial score (nSPS) is 13.8. The zero-order valence-corrected chi connectivity index (χ0v) is 13.9. The number of fused-ring (bicyclic) bond motifs is 1. The van der Waals surface area contributed by atoms with Crippen LogP contribution >= 0.6 is 0 Å². The lowest BCUT2D eigenvalue weighted by atomic mass is 10.0. The Morgan fingerprint density at radius 1 is 1.25 bits per heavy atom. The Bertz CT molecular complexity index is 731. The van der Waals surface area contributed by atoms with E-state index in [-0.39, 0.29) is 12.7 Å². The molecule has 0 bridgehead atoms. The van der Waals surface area contributed by atoms with Gasteiger partial charge in [-0.25, -0.2) is 0 Å². The van der Waals surface area contributed by atoms with Crippen molar-refractivity contribution in [2.45, 2.75) is 19.5 Å². The second kappa shape index (κ2) is 6.84. The van der Waals surface area contributed by atoms with Gasteiger partial charge in [-0.2, -0.15) is 0 Å². The van der Waals surface area contributed by atoms with E-state index in [0.29, 0.717) is 18.0 Å². The van der Waals surface area contributed by atoms with E-state index in [1.807, 2.05) is 44.1 Å². The van der Waals surface area contributed by atoms with E-state index in [9.17, 15) is 4.79 Å². The van der Waals surface area contributed by atoms with Crippen LogP contribution in [0.5, 0.6) is 11.5 Å². The number of benzene rings is 1. The molecule has 1 aromatic carbocycles. The summed E-state index contributed by atoms with van der Waals surface area (Å²) in [6.07, 6.45) is 3.35. The monoisotopic (exact) mass is 328 g/mol. The minimum Gasteiger partial charge on any atom is -0.454 e. The highest BCUT2D eigenvalue weighted by molar-refractivity contribution is 5.83. The second-order valence-corrected chi connectivity index (χ2v) is 5.85. The highest BCUT2D eigenvalue weighted by Crippen LogP contribution is 2.35. The van der Waals surface area contributed by atoms with Gasteiger partial charge in [-0.1, -0.05) is 6.07 Å². The molecule has 24 heavy (non-hydrogen) atoms. The minimum absolute atomic E-state index is 0.110. The summed E-state index contributed by atoms with van der Waals surface area (Å²) in [7, 11) is 3.72. The number of likely N-dealkylation sites (N-methyl/N-ethyl adjacent to an activating group) is 1. The molecule has 1 unspecified atom stereocenters. The maximum absolute atomic E-state index is 12.7. The summed E-state index contributed by atoms with van der Waals surface area (Å²) in [5, 5.41) is 2.91. The number of nitrogens with one attached hydrogen (secondary N) is 1. The maximum atomic E-state index is 12.7. The Kier molecular flexibility index (Phi) is 4.61. The first-order valence-corrected chi connectivity index (χ1v) is 7.66. The topological polar surface area (TPSA) is 76.6 Å². The molecule has 1 aliphatic rings. The summed E-state index contributed by atoms with van der Waals surface area (Å²) >= 11 is 0. The van der Waals surface area contributed by atoms with Crippen LogP contribution in [0.3, 0.4) is 0 Å². The largest absolute Gasteiger partial charge is 0.454 e. The van der Waals surface area contributed by atoms with E-state index < -0.39 is 6.04 Å². The fourth-order valence-corrected chi connectivity index (χ4v) is 2.55. The molecule has 0 saturated carbocycles. The lowest BCUT2D eigenvalue weighted by Gasteiger charge is -2.24. The molecule has 2 heterocycles. The fraction of sp³-hybridized carbons (Fsp3) is 0.353. The van der Waals surface area contributed by atoms with Gasteiger partial charge < -0.3 is 14.8 Å². The molecule has 1 atom stereocenters. The number of carbonyl (C=O) groups excluding carboxylic acids is 1. The first kappa shape index (κ1) is 16.2. The number of rotatable bonds is 5. The summed E-state index contributed by atoms with van der Waals surface area (Å²) in [6, 6.07) is 5.12. The van der Waals surface area contributed by atoms with E-state index in [1.54, 1.807) is 12.4 Å². The number of amides is 1. The quantitative estimate of drug-likeness (QED) is 0.895. The van der Waals surface area contributed by atoms with Crippen LogP contribution < -0.4 is 14.8 Å². The first-order chi connectivity index (χ1) is 11.5. The van der Waals surface area contributed by atoms with Gasteiger partial charge in [-0.3, -0.25) is 19.7 Å². The van der Waals surface area contributed by atoms with Gasteiger partial charge >= 0.3 is 0 Å². The van der Waals surface area contributed by atoms with Gasteiger partial charge in [0.1, 0.15) is 6.04 Å². The summed E-state index contributed by atoms with van der Waals surface area (Å²) in [5.74, 6) is 1.25. The first-order valence-electron chi connectivity index (χ1n) is 7.66. The van der Waals surface area contributed by atoms with Crippen LogP contribution in [0, 0.1) is 6.92 Å². The predicted molar refractivity (Wildman–Crippen MR) is 87.6 cm³/mol. The van der Waals surface area contributed by atoms with Gasteiger partial charge in [0.25, 0.3) is 0 Å². The van der Waals surface area contributed by atoms with E-state index in [1.165, 1.54) is 0 Å². The van der Waals surface area contributed by atoms with Gasteiger partial charge in [-0.05, 0) is 38.7 Å². The second-order valence-electron chi connectivity index (χ2n) is 5.85. The molecule has 0 fully saturated rings. The SMILES string of the molecule is Cc1cnc(CNC(=O)C(c2ccc3c(c2)OCO3)N(C)C)cn1. The number of aromatic nitrogens is 2. The van der Waals surface area contributed by atoms with Gasteiger partial charge in [0.15, 0.2) is 11.5 Å². The van der Waals surface area contributed by atoms with Crippen LogP contribution in [0.4, 0.5) is 0 Å². The molecule has 1 aromatic heterocycles. The summed E-state index contributed by atoms with van der Waals surface area (Å²) in [4.78, 5) is 22.9. The zero-order chi connectivity index (χ0) is 17.1. The average molecular weight is 328 g/mol. The van der Waals surface area contributed by atoms with Crippen molar-refractivity contribution < 1.29 is 14.3 Å². The van der Waals surface area contributed by atoms with Crippen molar-refractivity contribution in [3.05, 3.63) is 47.5 Å². The third-order valence-electron chi connectivity index (χ3n) is 3.76. The highest BCUT2D eigenvalue weighted by Gasteiger charge is 2.25. The van der Waals surface area contributed by atoms with Crippen molar-refractivity contribution in [1.82, 2.24) is 20.2 Å². The third-order valence-corrected chi connectivity index (χ3v) is 3.76. The Morgan fingerprint density at radius 2 is 2.04 bits per heavy atom. The van der Waals surface area contributed by atoms with E-state index >= 15 is 0 Å². The van der Waals surface area contributed by atoms with Crippen molar-refractivity contribution in [3.63, 3.8) is 0 Å². The molecule has 2 aromatic rings. The number of carbonyl (C=O) groups is 1. The number of ether oxygens (including phenoxy) is 2. The van der Waals surface area contributed by atoms with E-state index in [4.69, 9.17) is 9.47 Å². The molecular formula is C17H20N4O3. The summed E-state index contributed by atoms with van der Waals surface area (Å²) in [5.41, 5.74) is 2.41. The molecule has 0 saturated heterocycles. The molecule has 3 rings (SSSR count). The van der Waals surface area contributed by atoms with Crippen molar-refractivity contribution in [1.29, 1.82) is 0 Å². The van der Waals surface area contributed by atoms with Crippen molar-refractivity contribution in [3.8, 4) is 11.5 Å². The smallest absolute Gasteiger partial charge is 0.242 e. The Morgan fingerprint density at radius 3 is 2.75 bits per heavy atom. The van der Waals surface area contributed by atoms with Crippen molar-refractivity contribution >= 4 is 5.91 Å². The third kappa shape index (κ3) is 3.46. The Hall–Kier alpha value is -2.67. The van der Waals surface area contributed by atoms with Crippen LogP contribution in [-0.2, 0) is 11.3 Å². The summed E-state index contributed by atoms with van der Waals surface area (Å²) in [6.45, 7) is 2.42. The number of aryl methyl sites for hydroxylation is 1. The van der Waals surface area contributed by atoms with Crippen LogP contribution in [0.25, 0.3) is 0 Å². The predicted octanol–water partition coefficient (Wildman–Crippen LogP) is 1.43. The van der Waals surface area contributed by atoms with Gasteiger partial charge in [0.2, 0.25) is 12.7 Å². The standard InChI is InChI=1S/C17H20N4O3/c1-11-7-19-13(8-18-11)9-20-17(22)16(21(2)3)12-4-5-14-15(6-12)24-10-23-14/h4-8,16H,9-10H2,1-3H3,(H,20,22). The summed E-state index contributed by atoms with van der Waals surface area (Å²) < 4.78 is 10.7. The van der Waals surface area contributed by atoms with Crippen LogP contribution in [-0.4, -0.2) is 41.7 Å². The van der Waals surface area contributed by atoms with E-state index in [0.717, 1.165) is 17.0 Å². The van der Waals surface area contributed by atoms with Crippen LogP contribution in [0.2, 0.25) is 0 Å². The maximum Gasteiger partial charge on any atom is 0.242 e. The molecule has 1 amide bonds. The molecule has 0 spiro atoms. The molecule has 1 N–H and O–H groups in total. The average Bonchev–Trinajstić information content (AvgIpc) is 3.02. The molecule has 0 aliphatic carbocycles. The Balaban J connectivity index is 1.73. The molecule has 1 aliphatic heterocycles. The fourth-order valence-electron chi connectivity index (χ4n) is 2.55. The lowest BCUT2D eigenvalue weighted by molar-refractivity contribution is -0.126. The molecule has 0 radical (unpaired) electrons. The van der Waals surface area contributed by atoms with Crippen LogP contribution in [0.15, 0.2) is 30.6 Å². The van der Waals surface area contributed by atoms with Gasteiger partial charge in [-0.15, -0.1) is 0 Å². The number of hydrogen-bond acceptors (Lipinski definition) is 6. The molecule has 7 nitrogen and oxygen atoms in total. The molecule has 7 heteroatoms. The number of nitrogens with zero attached hydrogens (tertiary/aromatic N) is 3. The van der Waals surface area contributed by atoms with Gasteiger partial charge in [0.05, 0.1) is 24.1 Å². The lowest BCUT2D eigenvalue weighted by Crippen LogP contribution is -2.36. The van der Waals surface area contributed by atoms with Crippen molar-refractivity contribution in [2.24, 2.45) is 0 Å².